The molecule has 1 aromatic heterocycles. The largest absolute Gasteiger partial charge is 0.463 e. The summed E-state index contributed by atoms with van der Waals surface area (Å²) >= 11 is 2.42. The number of ether oxygens (including phenoxy) is 2. The molecule has 0 aromatic carbocycles. The molecule has 1 aromatic rings. The molecule has 1 aliphatic heterocycles. The van der Waals surface area contributed by atoms with E-state index in [1.54, 1.807) is 6.92 Å². The molecule has 2 heterocycles. The van der Waals surface area contributed by atoms with E-state index >= 15 is 0 Å². The Labute approximate surface area is 207 Å². The molecule has 3 atom stereocenters. The minimum absolute atomic E-state index is 0.0483. The summed E-state index contributed by atoms with van der Waals surface area (Å²) in [5, 5.41) is 3.73. The van der Waals surface area contributed by atoms with E-state index in [-0.39, 0.29) is 19.0 Å². The number of aromatic nitrogens is 2. The predicted molar refractivity (Wildman–Crippen MR) is 134 cm³/mol. The van der Waals surface area contributed by atoms with Crippen molar-refractivity contribution in [1.82, 2.24) is 9.55 Å². The summed E-state index contributed by atoms with van der Waals surface area (Å²) in [5.74, 6) is -0.308. The summed E-state index contributed by atoms with van der Waals surface area (Å²) in [7, 11) is 0. The molecule has 0 saturated carbocycles. The van der Waals surface area contributed by atoms with Crippen molar-refractivity contribution in [1.29, 1.82) is 0 Å². The van der Waals surface area contributed by atoms with E-state index in [0.29, 0.717) is 12.0 Å². The smallest absolute Gasteiger partial charge is 0.330 e. The number of esters is 1. The number of nitrogens with one attached hydrogen (secondary N) is 1. The number of aromatic amines is 1. The SMILES string of the molecule is Cc1cn(C2CC(N=[N+]=[N-])C(COC(=O)CCCCCCCCCCCI)O2)c(=O)[nH]c1=O. The quantitative estimate of drug-likeness (QED) is 0.0615. The number of hydrogen-bond acceptors (Lipinski definition) is 6. The Morgan fingerprint density at radius 1 is 1.21 bits per heavy atom. The molecule has 3 unspecified atom stereocenters. The van der Waals surface area contributed by atoms with Crippen LogP contribution < -0.4 is 11.2 Å². The fourth-order valence-corrected chi connectivity index (χ4v) is 4.41. The molecule has 1 N–H and O–H groups in total. The van der Waals surface area contributed by atoms with Gasteiger partial charge in [-0.25, -0.2) is 4.79 Å². The highest BCUT2D eigenvalue weighted by Crippen LogP contribution is 2.30. The second-order valence-corrected chi connectivity index (χ2v) is 9.50. The first-order valence-electron chi connectivity index (χ1n) is 11.7. The molecule has 0 bridgehead atoms. The summed E-state index contributed by atoms with van der Waals surface area (Å²) in [6.45, 7) is 1.54. The van der Waals surface area contributed by atoms with Gasteiger partial charge in [0, 0.05) is 29.5 Å². The van der Waals surface area contributed by atoms with Gasteiger partial charge in [0.05, 0.1) is 6.04 Å². The van der Waals surface area contributed by atoms with Crippen molar-refractivity contribution < 1.29 is 14.3 Å². The van der Waals surface area contributed by atoms with Crippen LogP contribution in [-0.4, -0.2) is 38.7 Å². The number of azide groups is 1. The minimum atomic E-state index is -0.714. The molecule has 11 heteroatoms. The van der Waals surface area contributed by atoms with E-state index in [2.05, 4.69) is 37.6 Å². The molecule has 2 rings (SSSR count). The lowest BCUT2D eigenvalue weighted by atomic mass is 10.1. The van der Waals surface area contributed by atoms with Gasteiger partial charge in [-0.05, 0) is 29.7 Å². The second-order valence-electron chi connectivity index (χ2n) is 8.42. The van der Waals surface area contributed by atoms with E-state index in [1.807, 2.05) is 0 Å². The summed E-state index contributed by atoms with van der Waals surface area (Å²) in [6, 6.07) is -0.580. The molecular formula is C22H34IN5O5. The van der Waals surface area contributed by atoms with Crippen LogP contribution in [-0.2, 0) is 14.3 Å². The van der Waals surface area contributed by atoms with Gasteiger partial charge in [-0.3, -0.25) is 19.1 Å². The van der Waals surface area contributed by atoms with Gasteiger partial charge in [0.1, 0.15) is 18.9 Å². The van der Waals surface area contributed by atoms with Gasteiger partial charge in [-0.15, -0.1) is 0 Å². The monoisotopic (exact) mass is 575 g/mol. The first kappa shape index (κ1) is 27.4. The van der Waals surface area contributed by atoms with E-state index in [1.165, 1.54) is 53.7 Å². The molecule has 0 radical (unpaired) electrons. The van der Waals surface area contributed by atoms with Crippen LogP contribution in [0.1, 0.15) is 82.4 Å². The van der Waals surface area contributed by atoms with Crippen LogP contribution in [0.4, 0.5) is 0 Å². The Morgan fingerprint density at radius 2 is 1.85 bits per heavy atom. The fourth-order valence-electron chi connectivity index (χ4n) is 3.87. The second kappa shape index (κ2) is 15.1. The van der Waals surface area contributed by atoms with Gasteiger partial charge >= 0.3 is 11.7 Å². The lowest BCUT2D eigenvalue weighted by Crippen LogP contribution is -2.33. The summed E-state index contributed by atoms with van der Waals surface area (Å²) < 4.78 is 13.7. The van der Waals surface area contributed by atoms with Crippen LogP contribution in [0.3, 0.4) is 0 Å². The van der Waals surface area contributed by atoms with Crippen molar-refractivity contribution in [3.8, 4) is 0 Å². The Balaban J connectivity index is 1.71. The number of halogens is 1. The van der Waals surface area contributed by atoms with Gasteiger partial charge in [0.15, 0.2) is 0 Å². The zero-order valence-electron chi connectivity index (χ0n) is 19.2. The van der Waals surface area contributed by atoms with E-state index in [0.717, 1.165) is 19.3 Å². The minimum Gasteiger partial charge on any atom is -0.463 e. The molecule has 184 valence electrons. The molecular weight excluding hydrogens is 541 g/mol. The lowest BCUT2D eigenvalue weighted by Gasteiger charge is -2.17. The van der Waals surface area contributed by atoms with Crippen molar-refractivity contribution in [3.63, 3.8) is 0 Å². The Bertz CT molecular complexity index is 911. The maximum absolute atomic E-state index is 12.1. The number of unbranched alkanes of at least 4 members (excludes halogenated alkanes) is 8. The molecule has 0 aliphatic carbocycles. The van der Waals surface area contributed by atoms with E-state index < -0.39 is 29.6 Å². The molecule has 1 fully saturated rings. The number of aryl methyl sites for hydroxylation is 1. The van der Waals surface area contributed by atoms with Gasteiger partial charge in [-0.2, -0.15) is 0 Å². The first-order valence-corrected chi connectivity index (χ1v) is 13.2. The van der Waals surface area contributed by atoms with Crippen molar-refractivity contribution in [2.24, 2.45) is 5.11 Å². The normalized spacial score (nSPS) is 19.9. The first-order chi connectivity index (χ1) is 16.0. The van der Waals surface area contributed by atoms with Crippen LogP contribution in [0.15, 0.2) is 20.9 Å². The van der Waals surface area contributed by atoms with Crippen molar-refractivity contribution in [2.75, 3.05) is 11.0 Å². The van der Waals surface area contributed by atoms with Gasteiger partial charge < -0.3 is 9.47 Å². The third kappa shape index (κ3) is 9.50. The molecule has 1 saturated heterocycles. The highest BCUT2D eigenvalue weighted by molar-refractivity contribution is 14.1. The van der Waals surface area contributed by atoms with Crippen LogP contribution in [0, 0.1) is 6.92 Å². The topological polar surface area (TPSA) is 139 Å². The third-order valence-corrected chi connectivity index (χ3v) is 6.55. The Hall–Kier alpha value is -1.85. The van der Waals surface area contributed by atoms with Crippen molar-refractivity contribution in [3.05, 3.63) is 43.0 Å². The molecule has 0 amide bonds. The van der Waals surface area contributed by atoms with E-state index in [9.17, 15) is 14.4 Å². The van der Waals surface area contributed by atoms with Crippen LogP contribution in [0.2, 0.25) is 0 Å². The fraction of sp³-hybridized carbons (Fsp3) is 0.773. The molecule has 1 aliphatic rings. The third-order valence-electron chi connectivity index (χ3n) is 5.78. The van der Waals surface area contributed by atoms with E-state index in [4.69, 9.17) is 15.0 Å². The van der Waals surface area contributed by atoms with Gasteiger partial charge in [0.2, 0.25) is 0 Å². The molecule has 0 spiro atoms. The average molecular weight is 575 g/mol. The van der Waals surface area contributed by atoms with Gasteiger partial charge in [-0.1, -0.05) is 72.7 Å². The van der Waals surface area contributed by atoms with Crippen LogP contribution in [0.5, 0.6) is 0 Å². The van der Waals surface area contributed by atoms with Crippen LogP contribution in [0.25, 0.3) is 10.4 Å². The number of carbonyl (C=O) groups excluding carboxylic acids is 1. The van der Waals surface area contributed by atoms with Crippen LogP contribution >= 0.6 is 22.6 Å². The number of carbonyl (C=O) groups is 1. The number of nitrogens with zero attached hydrogens (tertiary/aromatic N) is 4. The highest BCUT2D eigenvalue weighted by Gasteiger charge is 2.37. The summed E-state index contributed by atoms with van der Waals surface area (Å²) in [4.78, 5) is 40.9. The van der Waals surface area contributed by atoms with Crippen molar-refractivity contribution in [2.45, 2.75) is 95.9 Å². The number of alkyl halides is 1. The number of rotatable bonds is 15. The maximum atomic E-state index is 12.1. The highest BCUT2D eigenvalue weighted by atomic mass is 127. The number of hydrogen-bond donors (Lipinski definition) is 1. The van der Waals surface area contributed by atoms with Gasteiger partial charge in [0.25, 0.3) is 5.56 Å². The van der Waals surface area contributed by atoms with Crippen molar-refractivity contribution >= 4 is 28.6 Å². The zero-order chi connectivity index (χ0) is 24.1. The Morgan fingerprint density at radius 3 is 2.48 bits per heavy atom. The molecule has 10 nitrogen and oxygen atoms in total. The predicted octanol–water partition coefficient (Wildman–Crippen LogP) is 4.69. The average Bonchev–Trinajstić information content (AvgIpc) is 3.18. The lowest BCUT2D eigenvalue weighted by molar-refractivity contribution is -0.148. The maximum Gasteiger partial charge on any atom is 0.330 e. The molecule has 33 heavy (non-hydrogen) atoms. The summed E-state index contributed by atoms with van der Waals surface area (Å²) in [6.07, 6.45) is 11.2. The Kier molecular flexibility index (Phi) is 12.6. The zero-order valence-corrected chi connectivity index (χ0v) is 21.4. The number of H-pyrrole nitrogens is 1. The summed E-state index contributed by atoms with van der Waals surface area (Å²) in [5.41, 5.74) is 8.15. The standard InChI is InChI=1S/C22H34IN5O5/c1-16-14-28(22(31)25-21(16)30)19-13-17(26-27-24)18(33-19)15-32-20(29)11-9-7-5-3-2-4-6-8-10-12-23/h14,17-19H,2-13,15H2,1H3,(H,25,30,31).